The van der Waals surface area contributed by atoms with E-state index in [0.717, 1.165) is 11.6 Å². The molecule has 0 saturated heterocycles. The minimum absolute atomic E-state index is 0.471. The molecular weight excluding hydrogens is 337 g/mol. The summed E-state index contributed by atoms with van der Waals surface area (Å²) in [6.07, 6.45) is -0.471. The van der Waals surface area contributed by atoms with E-state index in [0.29, 0.717) is 0 Å². The van der Waals surface area contributed by atoms with Crippen LogP contribution in [0.1, 0.15) is 18.9 Å². The van der Waals surface area contributed by atoms with E-state index >= 15 is 0 Å². The highest BCUT2D eigenvalue weighted by atomic mass is 32.2. The number of anilines is 1. The van der Waals surface area contributed by atoms with Crippen molar-refractivity contribution < 1.29 is 40.3 Å². The van der Waals surface area contributed by atoms with Crippen molar-refractivity contribution in [1.82, 2.24) is 0 Å². The van der Waals surface area contributed by atoms with Crippen molar-refractivity contribution in [2.24, 2.45) is 0 Å². The molecule has 124 valence electrons. The molecule has 1 aromatic rings. The van der Waals surface area contributed by atoms with Crippen LogP contribution in [0.25, 0.3) is 0 Å². The second kappa shape index (κ2) is 6.46. The average Bonchev–Trinajstić information content (AvgIpc) is 2.42. The second-order valence-corrected chi connectivity index (χ2v) is 5.99. The molecule has 0 unspecified atom stereocenters. The number of alkyl halides is 1. The lowest BCUT2D eigenvalue weighted by Crippen LogP contribution is -2.35. The molecule has 1 rings (SSSR count). The quantitative estimate of drug-likeness (QED) is 0.611. The third-order valence-corrected chi connectivity index (χ3v) is 4.53. The molecule has 0 aliphatic carbocycles. The Bertz CT molecular complexity index is 678. The van der Waals surface area contributed by atoms with Gasteiger partial charge in [-0.15, -0.1) is 0 Å². The summed E-state index contributed by atoms with van der Waals surface area (Å²) in [7, 11) is -4.88. The number of rotatable bonds is 6. The Balaban J connectivity index is 3.45. The van der Waals surface area contributed by atoms with Crippen LogP contribution in [0.5, 0.6) is 0 Å². The fourth-order valence-corrected chi connectivity index (χ4v) is 2.93. The number of hydrogen-bond donors (Lipinski definition) is 2. The molecule has 0 spiro atoms. The van der Waals surface area contributed by atoms with Gasteiger partial charge in [0.15, 0.2) is 28.5 Å². The van der Waals surface area contributed by atoms with Crippen molar-refractivity contribution in [2.45, 2.75) is 25.3 Å². The number of carbonyl (C=O) groups is 1. The molecule has 0 saturated carbocycles. The van der Waals surface area contributed by atoms with E-state index in [9.17, 15) is 35.2 Å². The Hall–Kier alpha value is -1.91. The van der Waals surface area contributed by atoms with Gasteiger partial charge in [-0.2, -0.15) is 0 Å². The van der Waals surface area contributed by atoms with Crippen LogP contribution in [0.2, 0.25) is 0 Å². The largest absolute Gasteiger partial charge is 0.480 e. The molecule has 2 N–H and O–H groups in total. The summed E-state index contributed by atoms with van der Waals surface area (Å²) >= 11 is 0. The van der Waals surface area contributed by atoms with Crippen LogP contribution < -0.4 is 4.72 Å². The number of halogens is 5. The lowest BCUT2D eigenvalue weighted by Gasteiger charge is -2.16. The van der Waals surface area contributed by atoms with Crippen molar-refractivity contribution in [3.05, 3.63) is 28.8 Å². The van der Waals surface area contributed by atoms with Gasteiger partial charge in [0.2, 0.25) is 10.0 Å². The zero-order valence-corrected chi connectivity index (χ0v) is 11.8. The monoisotopic (exact) mass is 347 g/mol. The molecule has 0 bridgehead atoms. The molecule has 1 aromatic carbocycles. The highest BCUT2D eigenvalue weighted by Gasteiger charge is 2.34. The SMILES string of the molecule is CC[C@@H](C(=O)O)S(=O)(=O)Nc1c(F)c(F)c(CF)c(F)c1F. The molecule has 0 aliphatic heterocycles. The molecule has 5 nitrogen and oxygen atoms in total. The lowest BCUT2D eigenvalue weighted by molar-refractivity contribution is -0.136. The molecular formula is C11H10F5NO4S. The molecule has 1 atom stereocenters. The number of aliphatic carboxylic acids is 1. The van der Waals surface area contributed by atoms with Crippen molar-refractivity contribution in [1.29, 1.82) is 0 Å². The predicted octanol–water partition coefficient (Wildman–Crippen LogP) is 2.32. The molecule has 11 heteroatoms. The summed E-state index contributed by atoms with van der Waals surface area (Å²) in [5.41, 5.74) is -3.28. The normalized spacial score (nSPS) is 13.0. The van der Waals surface area contributed by atoms with E-state index in [-0.39, 0.29) is 0 Å². The first-order valence-electron chi connectivity index (χ1n) is 5.73. The Labute approximate surface area is 121 Å². The van der Waals surface area contributed by atoms with Gasteiger partial charge < -0.3 is 5.11 Å². The van der Waals surface area contributed by atoms with Gasteiger partial charge in [0.1, 0.15) is 12.4 Å². The van der Waals surface area contributed by atoms with Gasteiger partial charge in [-0.05, 0) is 6.42 Å². The fraction of sp³-hybridized carbons (Fsp3) is 0.364. The van der Waals surface area contributed by atoms with Crippen molar-refractivity contribution in [3.8, 4) is 0 Å². The Morgan fingerprint density at radius 3 is 1.91 bits per heavy atom. The van der Waals surface area contributed by atoms with Crippen molar-refractivity contribution in [3.63, 3.8) is 0 Å². The number of carboxylic acids is 1. The zero-order chi connectivity index (χ0) is 17.2. The van der Waals surface area contributed by atoms with Gasteiger partial charge in [-0.1, -0.05) is 6.92 Å². The predicted molar refractivity (Wildman–Crippen MR) is 65.3 cm³/mol. The van der Waals surface area contributed by atoms with Gasteiger partial charge in [-0.3, -0.25) is 9.52 Å². The van der Waals surface area contributed by atoms with Crippen molar-refractivity contribution in [2.75, 3.05) is 4.72 Å². The van der Waals surface area contributed by atoms with Crippen molar-refractivity contribution >= 4 is 21.7 Å². The maximum absolute atomic E-state index is 13.6. The van der Waals surface area contributed by atoms with E-state index < -0.39 is 68.9 Å². The smallest absolute Gasteiger partial charge is 0.323 e. The van der Waals surface area contributed by atoms with Gasteiger partial charge in [0.05, 0.1) is 5.56 Å². The molecule has 0 fully saturated rings. The van der Waals surface area contributed by atoms with Crippen LogP contribution in [-0.2, 0) is 21.5 Å². The maximum Gasteiger partial charge on any atom is 0.323 e. The minimum atomic E-state index is -4.88. The van der Waals surface area contributed by atoms with E-state index in [1.807, 2.05) is 0 Å². The molecule has 0 aliphatic rings. The number of nitrogens with one attached hydrogen (secondary N) is 1. The van der Waals surface area contributed by atoms with Gasteiger partial charge in [-0.25, -0.2) is 30.4 Å². The number of sulfonamides is 1. The molecule has 22 heavy (non-hydrogen) atoms. The summed E-state index contributed by atoms with van der Waals surface area (Å²) < 4.78 is 90.7. The number of hydrogen-bond acceptors (Lipinski definition) is 3. The minimum Gasteiger partial charge on any atom is -0.480 e. The Kier molecular flexibility index (Phi) is 5.33. The Morgan fingerprint density at radius 1 is 1.14 bits per heavy atom. The zero-order valence-electron chi connectivity index (χ0n) is 11.0. The molecule has 0 amide bonds. The summed E-state index contributed by atoms with van der Waals surface area (Å²) in [6.45, 7) is -0.691. The van der Waals surface area contributed by atoms with Crippen LogP contribution in [0.3, 0.4) is 0 Å². The van der Waals surface area contributed by atoms with Crippen LogP contribution in [-0.4, -0.2) is 24.7 Å². The average molecular weight is 347 g/mol. The van der Waals surface area contributed by atoms with Gasteiger partial charge >= 0.3 is 5.97 Å². The lowest BCUT2D eigenvalue weighted by atomic mass is 10.1. The van der Waals surface area contributed by atoms with Crippen LogP contribution in [0, 0.1) is 23.3 Å². The molecule has 0 heterocycles. The van der Waals surface area contributed by atoms with E-state index in [2.05, 4.69) is 0 Å². The number of carboxylic acid groups (broad SMARTS) is 1. The fourth-order valence-electron chi connectivity index (χ4n) is 1.62. The highest BCUT2D eigenvalue weighted by Crippen LogP contribution is 2.30. The highest BCUT2D eigenvalue weighted by molar-refractivity contribution is 7.94. The van der Waals surface area contributed by atoms with E-state index in [1.165, 1.54) is 0 Å². The van der Waals surface area contributed by atoms with Crippen LogP contribution in [0.15, 0.2) is 0 Å². The first-order valence-corrected chi connectivity index (χ1v) is 7.28. The van der Waals surface area contributed by atoms with E-state index in [4.69, 9.17) is 5.11 Å². The van der Waals surface area contributed by atoms with Gasteiger partial charge in [0.25, 0.3) is 0 Å². The third kappa shape index (κ3) is 3.13. The topological polar surface area (TPSA) is 83.5 Å². The van der Waals surface area contributed by atoms with E-state index in [1.54, 1.807) is 0 Å². The van der Waals surface area contributed by atoms with Crippen LogP contribution >= 0.6 is 0 Å². The van der Waals surface area contributed by atoms with Gasteiger partial charge in [0, 0.05) is 0 Å². The molecule has 0 aromatic heterocycles. The summed E-state index contributed by atoms with van der Waals surface area (Å²) in [6, 6.07) is 0. The second-order valence-electron chi connectivity index (χ2n) is 4.13. The first kappa shape index (κ1) is 18.1. The summed E-state index contributed by atoms with van der Waals surface area (Å²) in [5, 5.41) is 6.61. The first-order chi connectivity index (χ1) is 10.1. The Morgan fingerprint density at radius 2 is 1.59 bits per heavy atom. The molecule has 0 radical (unpaired) electrons. The third-order valence-electron chi connectivity index (χ3n) is 2.75. The maximum atomic E-state index is 13.6. The summed E-state index contributed by atoms with van der Waals surface area (Å²) in [4.78, 5) is 10.8. The number of benzene rings is 1. The van der Waals surface area contributed by atoms with Crippen LogP contribution in [0.4, 0.5) is 27.6 Å². The standard InChI is InChI=1S/C11H10F5NO4S/c1-2-5(11(18)19)22(20,21)17-10-8(15)6(13)4(3-12)7(14)9(10)16/h5,17H,2-3H2,1H3,(H,18,19)/t5-/m0/s1. The summed E-state index contributed by atoms with van der Waals surface area (Å²) in [5.74, 6) is -10.4.